The summed E-state index contributed by atoms with van der Waals surface area (Å²) in [5, 5.41) is 0. The fourth-order valence-corrected chi connectivity index (χ4v) is 0.252. The predicted molar refractivity (Wildman–Crippen MR) is 19.3 cm³/mol. The van der Waals surface area contributed by atoms with Crippen molar-refractivity contribution in [3.63, 3.8) is 0 Å². The fraction of sp³-hybridized carbons (Fsp3) is 0.333. The van der Waals surface area contributed by atoms with E-state index < -0.39 is 0 Å². The van der Waals surface area contributed by atoms with E-state index in [0.29, 0.717) is 12.5 Å². The van der Waals surface area contributed by atoms with E-state index >= 15 is 0 Å². The monoisotopic (exact) mass is 87.0 g/mol. The molecule has 1 aliphatic heterocycles. The van der Waals surface area contributed by atoms with Crippen LogP contribution in [0.1, 0.15) is 0 Å². The second kappa shape index (κ2) is 1.18. The first-order valence-electron chi connectivity index (χ1n) is 1.65. The van der Waals surface area contributed by atoms with E-state index in [1.165, 1.54) is 0 Å². The second-order valence-electron chi connectivity index (χ2n) is 0.974. The van der Waals surface area contributed by atoms with E-state index in [4.69, 9.17) is 5.73 Å². The molecule has 0 amide bonds. The quantitative estimate of drug-likeness (QED) is 0.414. The van der Waals surface area contributed by atoms with Crippen LogP contribution in [0.15, 0.2) is 12.0 Å². The van der Waals surface area contributed by atoms with Crippen LogP contribution in [0, 0.1) is 0 Å². The standard InChI is InChI=1S/C3H5NO2/c4-3-1-2-5-6-3/h1H,2,4H2. The highest BCUT2D eigenvalue weighted by molar-refractivity contribution is 4.87. The molecule has 2 N–H and O–H groups in total. The zero-order valence-corrected chi connectivity index (χ0v) is 3.18. The normalized spacial score (nSPS) is 19.7. The molecule has 0 bridgehead atoms. The van der Waals surface area contributed by atoms with Gasteiger partial charge in [0.05, 0.1) is 0 Å². The van der Waals surface area contributed by atoms with Gasteiger partial charge in [0.1, 0.15) is 6.61 Å². The highest BCUT2D eigenvalue weighted by atomic mass is 17.2. The Labute approximate surface area is 35.3 Å². The molecule has 0 spiro atoms. The molecule has 0 aromatic heterocycles. The zero-order valence-electron chi connectivity index (χ0n) is 3.18. The average molecular weight is 87.1 g/mol. The lowest BCUT2D eigenvalue weighted by Crippen LogP contribution is -1.93. The van der Waals surface area contributed by atoms with E-state index in [9.17, 15) is 0 Å². The average Bonchev–Trinajstić information content (AvgIpc) is 1.86. The van der Waals surface area contributed by atoms with Crippen molar-refractivity contribution in [2.45, 2.75) is 0 Å². The van der Waals surface area contributed by atoms with E-state index in [-0.39, 0.29) is 0 Å². The Morgan fingerprint density at radius 3 is 2.83 bits per heavy atom. The number of rotatable bonds is 0. The molecule has 1 heterocycles. The summed E-state index contributed by atoms with van der Waals surface area (Å²) < 4.78 is 0. The van der Waals surface area contributed by atoms with Gasteiger partial charge in [-0.15, -0.1) is 0 Å². The number of nitrogens with two attached hydrogens (primary N) is 1. The molecule has 1 aliphatic rings. The molecule has 0 aromatic rings. The zero-order chi connectivity index (χ0) is 4.41. The summed E-state index contributed by atoms with van der Waals surface area (Å²) in [6.45, 7) is 0.478. The Balaban J connectivity index is 2.45. The van der Waals surface area contributed by atoms with E-state index in [2.05, 4.69) is 9.78 Å². The van der Waals surface area contributed by atoms with Crippen molar-refractivity contribution in [2.24, 2.45) is 5.73 Å². The lowest BCUT2D eigenvalue weighted by atomic mass is 10.6. The summed E-state index contributed by atoms with van der Waals surface area (Å²) in [5.74, 6) is 0.356. The Hall–Kier alpha value is -0.700. The lowest BCUT2D eigenvalue weighted by Gasteiger charge is -1.87. The highest BCUT2D eigenvalue weighted by Gasteiger charge is 1.97. The van der Waals surface area contributed by atoms with Crippen LogP contribution >= 0.6 is 0 Å². The molecule has 0 radical (unpaired) electrons. The molecule has 1 rings (SSSR count). The van der Waals surface area contributed by atoms with Gasteiger partial charge in [0, 0.05) is 6.08 Å². The van der Waals surface area contributed by atoms with Crippen molar-refractivity contribution in [1.82, 2.24) is 0 Å². The third kappa shape index (κ3) is 0.440. The van der Waals surface area contributed by atoms with Gasteiger partial charge >= 0.3 is 0 Å². The molecule has 0 atom stereocenters. The van der Waals surface area contributed by atoms with Crippen molar-refractivity contribution in [3.8, 4) is 0 Å². The maximum absolute atomic E-state index is 5.05. The van der Waals surface area contributed by atoms with Crippen LogP contribution in [0.2, 0.25) is 0 Å². The molecule has 3 heteroatoms. The number of hydrogen-bond donors (Lipinski definition) is 1. The van der Waals surface area contributed by atoms with E-state index in [0.717, 1.165) is 0 Å². The molecule has 6 heavy (non-hydrogen) atoms. The van der Waals surface area contributed by atoms with Crippen molar-refractivity contribution >= 4 is 0 Å². The van der Waals surface area contributed by atoms with Gasteiger partial charge in [0.2, 0.25) is 5.88 Å². The van der Waals surface area contributed by atoms with E-state index in [1.807, 2.05) is 0 Å². The van der Waals surface area contributed by atoms with Crippen LogP contribution in [0.25, 0.3) is 0 Å². The van der Waals surface area contributed by atoms with Crippen LogP contribution in [0.3, 0.4) is 0 Å². The first-order chi connectivity index (χ1) is 2.89. The molecule has 34 valence electrons. The fourth-order valence-electron chi connectivity index (χ4n) is 0.252. The van der Waals surface area contributed by atoms with Gasteiger partial charge in [-0.3, -0.25) is 0 Å². The third-order valence-corrected chi connectivity index (χ3v) is 0.508. The van der Waals surface area contributed by atoms with E-state index in [1.54, 1.807) is 6.08 Å². The van der Waals surface area contributed by atoms with Crippen LogP contribution in [-0.4, -0.2) is 6.61 Å². The Morgan fingerprint density at radius 1 is 1.83 bits per heavy atom. The summed E-state index contributed by atoms with van der Waals surface area (Å²) in [4.78, 5) is 8.63. The Bertz CT molecular complexity index is 78.9. The largest absolute Gasteiger partial charge is 0.367 e. The predicted octanol–water partition coefficient (Wildman–Crippen LogP) is -0.252. The van der Waals surface area contributed by atoms with Crippen molar-refractivity contribution < 1.29 is 9.78 Å². The second-order valence-corrected chi connectivity index (χ2v) is 0.974. The molecule has 0 saturated heterocycles. The van der Waals surface area contributed by atoms with Gasteiger partial charge in [-0.25, -0.2) is 0 Å². The summed E-state index contributed by atoms with van der Waals surface area (Å²) in [5.41, 5.74) is 5.05. The van der Waals surface area contributed by atoms with Gasteiger partial charge < -0.3 is 10.6 Å². The summed E-state index contributed by atoms with van der Waals surface area (Å²) in [6.07, 6.45) is 1.65. The Kier molecular flexibility index (Phi) is 0.686. The van der Waals surface area contributed by atoms with Gasteiger partial charge in [-0.1, -0.05) is 0 Å². The molecular formula is C3H5NO2. The van der Waals surface area contributed by atoms with Crippen LogP contribution in [0.4, 0.5) is 0 Å². The number of hydrogen-bond acceptors (Lipinski definition) is 3. The van der Waals surface area contributed by atoms with Gasteiger partial charge in [0.25, 0.3) is 0 Å². The van der Waals surface area contributed by atoms with Crippen molar-refractivity contribution in [3.05, 3.63) is 12.0 Å². The Morgan fingerprint density at radius 2 is 2.67 bits per heavy atom. The highest BCUT2D eigenvalue weighted by Crippen LogP contribution is 1.96. The molecule has 0 unspecified atom stereocenters. The molecule has 0 fully saturated rings. The SMILES string of the molecule is NC1=CCOO1. The van der Waals surface area contributed by atoms with Crippen molar-refractivity contribution in [1.29, 1.82) is 0 Å². The van der Waals surface area contributed by atoms with Crippen LogP contribution in [-0.2, 0) is 9.78 Å². The minimum Gasteiger partial charge on any atom is -0.367 e. The van der Waals surface area contributed by atoms with Crippen LogP contribution < -0.4 is 5.73 Å². The summed E-state index contributed by atoms with van der Waals surface area (Å²) in [6, 6.07) is 0. The van der Waals surface area contributed by atoms with Crippen LogP contribution in [0.5, 0.6) is 0 Å². The third-order valence-electron chi connectivity index (χ3n) is 0.508. The molecule has 0 saturated carbocycles. The maximum Gasteiger partial charge on any atom is 0.226 e. The first kappa shape index (κ1) is 3.49. The molecule has 3 nitrogen and oxygen atoms in total. The lowest BCUT2D eigenvalue weighted by molar-refractivity contribution is -0.234. The minimum atomic E-state index is 0.356. The van der Waals surface area contributed by atoms with Gasteiger partial charge in [-0.05, 0) is 0 Å². The van der Waals surface area contributed by atoms with Gasteiger partial charge in [-0.2, -0.15) is 4.89 Å². The summed E-state index contributed by atoms with van der Waals surface area (Å²) in [7, 11) is 0. The summed E-state index contributed by atoms with van der Waals surface area (Å²) >= 11 is 0. The smallest absolute Gasteiger partial charge is 0.226 e. The molecule has 0 aliphatic carbocycles. The van der Waals surface area contributed by atoms with Gasteiger partial charge in [0.15, 0.2) is 0 Å². The minimum absolute atomic E-state index is 0.356. The topological polar surface area (TPSA) is 44.5 Å². The first-order valence-corrected chi connectivity index (χ1v) is 1.65. The van der Waals surface area contributed by atoms with Crippen molar-refractivity contribution in [2.75, 3.05) is 6.61 Å². The molecular weight excluding hydrogens is 82.0 g/mol. The maximum atomic E-state index is 5.05. The molecule has 0 aromatic carbocycles.